The van der Waals surface area contributed by atoms with Crippen LogP contribution in [0.5, 0.6) is 5.75 Å². The van der Waals surface area contributed by atoms with Gasteiger partial charge in [0.05, 0.1) is 27.7 Å². The highest BCUT2D eigenvalue weighted by Gasteiger charge is 2.21. The molecule has 3 rings (SSSR count). The summed E-state index contributed by atoms with van der Waals surface area (Å²) in [5.74, 6) is 0.360. The van der Waals surface area contributed by atoms with Crippen LogP contribution in [0.3, 0.4) is 0 Å². The number of rotatable bonds is 7. The minimum atomic E-state index is -3.98. The Balaban J connectivity index is 1.94. The molecule has 2 aromatic carbocycles. The van der Waals surface area contributed by atoms with Gasteiger partial charge in [0.25, 0.3) is 20.0 Å². The maximum atomic E-state index is 12.8. The van der Waals surface area contributed by atoms with E-state index >= 15 is 0 Å². The van der Waals surface area contributed by atoms with Gasteiger partial charge in [-0.2, -0.15) is 0 Å². The lowest BCUT2D eigenvalue weighted by molar-refractivity contribution is 0.417. The quantitative estimate of drug-likeness (QED) is 0.533. The van der Waals surface area contributed by atoms with E-state index < -0.39 is 20.0 Å². The van der Waals surface area contributed by atoms with Crippen molar-refractivity contribution in [3.8, 4) is 5.75 Å². The van der Waals surface area contributed by atoms with Crippen LogP contribution in [-0.4, -0.2) is 23.9 Å². The fourth-order valence-corrected chi connectivity index (χ4v) is 6.15. The molecule has 0 saturated carbocycles. The van der Waals surface area contributed by atoms with Crippen molar-refractivity contribution in [1.29, 1.82) is 0 Å². The first-order chi connectivity index (χ1) is 13.6. The summed E-state index contributed by atoms with van der Waals surface area (Å²) in [4.78, 5) is -0.101. The zero-order chi connectivity index (χ0) is 21.2. The molecule has 154 valence electrons. The van der Waals surface area contributed by atoms with Gasteiger partial charge in [-0.05, 0) is 48.9 Å². The summed E-state index contributed by atoms with van der Waals surface area (Å²) in [6.45, 7) is 1.67. The normalized spacial score (nSPS) is 11.8. The van der Waals surface area contributed by atoms with Gasteiger partial charge in [-0.15, -0.1) is 11.3 Å². The van der Waals surface area contributed by atoms with E-state index in [1.54, 1.807) is 31.2 Å². The number of ether oxygens (including phenoxy) is 1. The highest BCUT2D eigenvalue weighted by Crippen LogP contribution is 2.30. The molecule has 0 unspecified atom stereocenters. The number of hydrogen-bond acceptors (Lipinski definition) is 6. The number of halogens is 1. The average molecular weight is 473 g/mol. The minimum absolute atomic E-state index is 0.0299. The molecule has 29 heavy (non-hydrogen) atoms. The summed E-state index contributed by atoms with van der Waals surface area (Å²) < 4.78 is 61.1. The molecule has 7 nitrogen and oxygen atoms in total. The van der Waals surface area contributed by atoms with E-state index in [0.717, 1.165) is 11.3 Å². The predicted octanol–water partition coefficient (Wildman–Crippen LogP) is 4.32. The first-order valence-corrected chi connectivity index (χ1v) is 12.3. The van der Waals surface area contributed by atoms with Crippen molar-refractivity contribution in [2.24, 2.45) is 0 Å². The summed E-state index contributed by atoms with van der Waals surface area (Å²) in [7, 11) is -6.45. The van der Waals surface area contributed by atoms with Crippen molar-refractivity contribution in [3.05, 3.63) is 64.5 Å². The lowest BCUT2D eigenvalue weighted by Crippen LogP contribution is -2.16. The van der Waals surface area contributed by atoms with Gasteiger partial charge in [0, 0.05) is 0 Å². The summed E-state index contributed by atoms with van der Waals surface area (Å²) in [5, 5.41) is 0. The van der Waals surface area contributed by atoms with Gasteiger partial charge in [0.15, 0.2) is 0 Å². The van der Waals surface area contributed by atoms with Crippen LogP contribution in [0.25, 0.3) is 0 Å². The molecule has 0 aliphatic carbocycles. The molecule has 0 radical (unpaired) electrons. The maximum absolute atomic E-state index is 12.8. The Labute approximate surface area is 178 Å². The molecular formula is C18H17ClN2O5S3. The molecule has 0 fully saturated rings. The third kappa shape index (κ3) is 4.84. The molecule has 1 heterocycles. The van der Waals surface area contributed by atoms with Crippen LogP contribution < -0.4 is 14.2 Å². The molecule has 2 N–H and O–H groups in total. The topological polar surface area (TPSA) is 102 Å². The fourth-order valence-electron chi connectivity index (χ4n) is 2.45. The van der Waals surface area contributed by atoms with Crippen LogP contribution in [0.15, 0.2) is 63.7 Å². The van der Waals surface area contributed by atoms with E-state index in [1.165, 1.54) is 37.4 Å². The van der Waals surface area contributed by atoms with Crippen molar-refractivity contribution in [2.45, 2.75) is 16.0 Å². The number of nitrogens with one attached hydrogen (secondary N) is 2. The molecule has 0 bridgehead atoms. The maximum Gasteiger partial charge on any atom is 0.271 e. The second-order valence-corrected chi connectivity index (χ2v) is 11.3. The van der Waals surface area contributed by atoms with Crippen molar-refractivity contribution >= 4 is 54.4 Å². The van der Waals surface area contributed by atoms with E-state index in [-0.39, 0.29) is 20.5 Å². The minimum Gasteiger partial charge on any atom is -0.495 e. The zero-order valence-corrected chi connectivity index (χ0v) is 18.5. The van der Waals surface area contributed by atoms with Crippen molar-refractivity contribution < 1.29 is 21.6 Å². The second kappa shape index (κ2) is 8.23. The first kappa shape index (κ1) is 21.4. The summed E-state index contributed by atoms with van der Waals surface area (Å²) in [6.07, 6.45) is 0. The van der Waals surface area contributed by atoms with Crippen molar-refractivity contribution in [1.82, 2.24) is 0 Å². The van der Waals surface area contributed by atoms with Gasteiger partial charge in [-0.1, -0.05) is 29.8 Å². The summed E-state index contributed by atoms with van der Waals surface area (Å²) in [5.41, 5.74) is 0.982. The molecular weight excluding hydrogens is 456 g/mol. The number of aryl methyl sites for hydroxylation is 1. The van der Waals surface area contributed by atoms with Crippen LogP contribution in [0.2, 0.25) is 4.34 Å². The molecule has 11 heteroatoms. The number of methoxy groups -OCH3 is 1. The molecule has 0 saturated heterocycles. The van der Waals surface area contributed by atoms with Crippen LogP contribution in [-0.2, 0) is 20.0 Å². The molecule has 0 atom stereocenters. The zero-order valence-electron chi connectivity index (χ0n) is 15.3. The molecule has 0 aliphatic heterocycles. The van der Waals surface area contributed by atoms with E-state index in [4.69, 9.17) is 16.3 Å². The molecule has 3 aromatic rings. The number of para-hydroxylation sites is 2. The van der Waals surface area contributed by atoms with E-state index in [0.29, 0.717) is 15.6 Å². The number of thiophene rings is 1. The van der Waals surface area contributed by atoms with Gasteiger partial charge in [0.2, 0.25) is 0 Å². The third-order valence-corrected chi connectivity index (χ3v) is 8.38. The number of anilines is 2. The lowest BCUT2D eigenvalue weighted by atomic mass is 10.2. The van der Waals surface area contributed by atoms with Crippen LogP contribution in [0.1, 0.15) is 5.56 Å². The standard InChI is InChI=1S/C18H17ClN2O5S3/c1-12-7-8-13(28(22,23)20-14-5-3-4-6-16(14)26-2)11-15(12)21-29(24,25)18-10-9-17(19)27-18/h3-11,20-21H,1-2H3. The largest absolute Gasteiger partial charge is 0.495 e. The Hall–Kier alpha value is -2.27. The predicted molar refractivity (Wildman–Crippen MR) is 115 cm³/mol. The van der Waals surface area contributed by atoms with Crippen LogP contribution in [0.4, 0.5) is 11.4 Å². The lowest BCUT2D eigenvalue weighted by Gasteiger charge is -2.14. The van der Waals surface area contributed by atoms with Gasteiger partial charge in [-0.25, -0.2) is 16.8 Å². The van der Waals surface area contributed by atoms with E-state index in [1.807, 2.05) is 0 Å². The highest BCUT2D eigenvalue weighted by atomic mass is 35.5. The Morgan fingerprint density at radius 2 is 1.59 bits per heavy atom. The van der Waals surface area contributed by atoms with E-state index in [2.05, 4.69) is 9.44 Å². The third-order valence-electron chi connectivity index (χ3n) is 3.93. The number of sulfonamides is 2. The van der Waals surface area contributed by atoms with E-state index in [9.17, 15) is 16.8 Å². The van der Waals surface area contributed by atoms with Gasteiger partial charge < -0.3 is 4.74 Å². The average Bonchev–Trinajstić information content (AvgIpc) is 3.11. The van der Waals surface area contributed by atoms with Crippen LogP contribution >= 0.6 is 22.9 Å². The fraction of sp³-hybridized carbons (Fsp3) is 0.111. The van der Waals surface area contributed by atoms with Crippen LogP contribution in [0, 0.1) is 6.92 Å². The monoisotopic (exact) mass is 472 g/mol. The second-order valence-electron chi connectivity index (χ2n) is 5.95. The molecule has 1 aromatic heterocycles. The molecule has 0 amide bonds. The SMILES string of the molecule is COc1ccccc1NS(=O)(=O)c1ccc(C)c(NS(=O)(=O)c2ccc(Cl)s2)c1. The van der Waals surface area contributed by atoms with Crippen molar-refractivity contribution in [3.63, 3.8) is 0 Å². The van der Waals surface area contributed by atoms with Gasteiger partial charge >= 0.3 is 0 Å². The highest BCUT2D eigenvalue weighted by molar-refractivity contribution is 7.94. The van der Waals surface area contributed by atoms with Crippen molar-refractivity contribution in [2.75, 3.05) is 16.6 Å². The Morgan fingerprint density at radius 3 is 2.24 bits per heavy atom. The number of benzene rings is 2. The Kier molecular flexibility index (Phi) is 6.08. The summed E-state index contributed by atoms with van der Waals surface area (Å²) in [6, 6.07) is 13.6. The number of hydrogen-bond donors (Lipinski definition) is 2. The Morgan fingerprint density at radius 1 is 0.897 bits per heavy atom. The molecule has 0 aliphatic rings. The van der Waals surface area contributed by atoms with Gasteiger partial charge in [0.1, 0.15) is 9.96 Å². The Bertz CT molecular complexity index is 1250. The smallest absolute Gasteiger partial charge is 0.271 e. The summed E-state index contributed by atoms with van der Waals surface area (Å²) >= 11 is 6.72. The molecule has 0 spiro atoms. The van der Waals surface area contributed by atoms with Gasteiger partial charge in [-0.3, -0.25) is 9.44 Å². The first-order valence-electron chi connectivity index (χ1n) is 8.17.